The second-order valence-corrected chi connectivity index (χ2v) is 5.85. The second kappa shape index (κ2) is 11.7. The van der Waals surface area contributed by atoms with Gasteiger partial charge in [-0.25, -0.2) is 0 Å². The Balaban J connectivity index is 0.000000240. The molecular weight excluding hydrogens is 355 g/mol. The van der Waals surface area contributed by atoms with Crippen LogP contribution in [0.5, 0.6) is 0 Å². The fourth-order valence-electron chi connectivity index (χ4n) is 1.71. The molecule has 106 valence electrons. The maximum absolute atomic E-state index is 2.28. The summed E-state index contributed by atoms with van der Waals surface area (Å²) in [4.78, 5) is 0. The van der Waals surface area contributed by atoms with E-state index >= 15 is 0 Å². The number of halogens is 1. The van der Waals surface area contributed by atoms with Gasteiger partial charge in [0.15, 0.2) is 0 Å². The summed E-state index contributed by atoms with van der Waals surface area (Å²) in [5.41, 5.74) is 1.30. The van der Waals surface area contributed by atoms with E-state index in [0.29, 0.717) is 0 Å². The first-order valence-corrected chi connectivity index (χ1v) is 8.33. The smallest absolute Gasteiger partial charge is 0.0130 e. The molecule has 2 aromatic carbocycles. The van der Waals surface area contributed by atoms with Gasteiger partial charge in [0.05, 0.1) is 0 Å². The van der Waals surface area contributed by atoms with Gasteiger partial charge in [0, 0.05) is 3.57 Å². The van der Waals surface area contributed by atoms with Gasteiger partial charge in [-0.1, -0.05) is 80.4 Å². The number of allylic oxidation sites excluding steroid dienone is 1. The zero-order valence-electron chi connectivity index (χ0n) is 12.1. The number of hydrogen-bond donors (Lipinski definition) is 0. The highest BCUT2D eigenvalue weighted by Crippen LogP contribution is 2.05. The predicted octanol–water partition coefficient (Wildman–Crippen LogP) is 6.57. The van der Waals surface area contributed by atoms with E-state index < -0.39 is 0 Å². The summed E-state index contributed by atoms with van der Waals surface area (Å²) in [6.45, 7) is 2.24. The number of benzene rings is 2. The van der Waals surface area contributed by atoms with Crippen molar-refractivity contribution in [2.24, 2.45) is 0 Å². The van der Waals surface area contributed by atoms with Crippen molar-refractivity contribution in [2.45, 2.75) is 32.6 Å². The average molecular weight is 378 g/mol. The molecule has 1 heteroatoms. The molecule has 0 aromatic heterocycles. The monoisotopic (exact) mass is 378 g/mol. The first-order chi connectivity index (χ1) is 9.83. The Morgan fingerprint density at radius 2 is 1.45 bits per heavy atom. The molecule has 0 heterocycles. The van der Waals surface area contributed by atoms with Crippen molar-refractivity contribution in [3.8, 4) is 0 Å². The van der Waals surface area contributed by atoms with E-state index in [1.54, 1.807) is 0 Å². The predicted molar refractivity (Wildman–Crippen MR) is 98.8 cm³/mol. The second-order valence-electron chi connectivity index (χ2n) is 4.60. The van der Waals surface area contributed by atoms with Crippen molar-refractivity contribution in [1.82, 2.24) is 0 Å². The maximum atomic E-state index is 2.28. The quantitative estimate of drug-likeness (QED) is 0.408. The van der Waals surface area contributed by atoms with Crippen LogP contribution in [0.2, 0.25) is 0 Å². The summed E-state index contributed by atoms with van der Waals surface area (Å²) in [7, 11) is 0. The zero-order chi connectivity index (χ0) is 14.5. The third-order valence-electron chi connectivity index (χ3n) is 2.82. The molecule has 0 bridgehead atoms. The SMILES string of the molecule is CCCCC/C=C\c1ccccc1.Ic1ccccc1. The van der Waals surface area contributed by atoms with Gasteiger partial charge in [-0.05, 0) is 53.1 Å². The topological polar surface area (TPSA) is 0 Å². The van der Waals surface area contributed by atoms with Crippen LogP contribution in [0.3, 0.4) is 0 Å². The number of hydrogen-bond acceptors (Lipinski definition) is 0. The van der Waals surface area contributed by atoms with Crippen LogP contribution in [-0.4, -0.2) is 0 Å². The summed E-state index contributed by atoms with van der Waals surface area (Å²) >= 11 is 2.28. The molecule has 0 N–H and O–H groups in total. The lowest BCUT2D eigenvalue weighted by Crippen LogP contribution is -1.72. The van der Waals surface area contributed by atoms with Crippen molar-refractivity contribution < 1.29 is 0 Å². The van der Waals surface area contributed by atoms with Gasteiger partial charge < -0.3 is 0 Å². The largest absolute Gasteiger partial charge is 0.0839 e. The molecular formula is C19H23I. The van der Waals surface area contributed by atoms with Gasteiger partial charge >= 0.3 is 0 Å². The van der Waals surface area contributed by atoms with Crippen molar-refractivity contribution in [3.63, 3.8) is 0 Å². The Morgan fingerprint density at radius 3 is 1.95 bits per heavy atom. The summed E-state index contributed by atoms with van der Waals surface area (Å²) in [5.74, 6) is 0. The summed E-state index contributed by atoms with van der Waals surface area (Å²) in [6.07, 6.45) is 9.65. The minimum absolute atomic E-state index is 1.21. The average Bonchev–Trinajstić information content (AvgIpc) is 2.50. The molecule has 0 radical (unpaired) electrons. The van der Waals surface area contributed by atoms with Crippen molar-refractivity contribution in [3.05, 3.63) is 75.9 Å². The Kier molecular flexibility index (Phi) is 9.93. The molecule has 20 heavy (non-hydrogen) atoms. The van der Waals surface area contributed by atoms with Crippen molar-refractivity contribution in [1.29, 1.82) is 0 Å². The molecule has 0 amide bonds. The lowest BCUT2D eigenvalue weighted by molar-refractivity contribution is 0.730. The van der Waals surface area contributed by atoms with Gasteiger partial charge in [-0.15, -0.1) is 0 Å². The van der Waals surface area contributed by atoms with E-state index in [-0.39, 0.29) is 0 Å². The Hall–Kier alpha value is -1.09. The highest BCUT2D eigenvalue weighted by molar-refractivity contribution is 14.1. The normalized spacial score (nSPS) is 10.1. The third kappa shape index (κ3) is 8.92. The molecule has 0 spiro atoms. The summed E-state index contributed by atoms with van der Waals surface area (Å²) < 4.78 is 1.29. The molecule has 0 aliphatic heterocycles. The fourth-order valence-corrected chi connectivity index (χ4v) is 2.13. The van der Waals surface area contributed by atoms with Gasteiger partial charge in [0.1, 0.15) is 0 Å². The Bertz CT molecular complexity index is 460. The first-order valence-electron chi connectivity index (χ1n) is 7.25. The molecule has 0 saturated carbocycles. The molecule has 2 rings (SSSR count). The zero-order valence-corrected chi connectivity index (χ0v) is 14.3. The molecule has 0 fully saturated rings. The van der Waals surface area contributed by atoms with E-state index in [2.05, 4.69) is 84.1 Å². The molecule has 0 aliphatic rings. The van der Waals surface area contributed by atoms with Crippen LogP contribution >= 0.6 is 22.6 Å². The lowest BCUT2D eigenvalue weighted by atomic mass is 10.1. The Labute approximate surface area is 137 Å². The van der Waals surface area contributed by atoms with Crippen LogP contribution < -0.4 is 0 Å². The number of rotatable bonds is 5. The van der Waals surface area contributed by atoms with Crippen LogP contribution in [0.1, 0.15) is 38.2 Å². The van der Waals surface area contributed by atoms with Crippen LogP contribution in [0.25, 0.3) is 6.08 Å². The van der Waals surface area contributed by atoms with Crippen LogP contribution in [0.4, 0.5) is 0 Å². The van der Waals surface area contributed by atoms with Gasteiger partial charge in [-0.2, -0.15) is 0 Å². The summed E-state index contributed by atoms with van der Waals surface area (Å²) in [5, 5.41) is 0. The van der Waals surface area contributed by atoms with Crippen LogP contribution in [-0.2, 0) is 0 Å². The van der Waals surface area contributed by atoms with Gasteiger partial charge in [0.25, 0.3) is 0 Å². The van der Waals surface area contributed by atoms with E-state index in [4.69, 9.17) is 0 Å². The highest BCUT2D eigenvalue weighted by atomic mass is 127. The summed E-state index contributed by atoms with van der Waals surface area (Å²) in [6, 6.07) is 20.7. The molecule has 0 unspecified atom stereocenters. The Morgan fingerprint density at radius 1 is 0.850 bits per heavy atom. The standard InChI is InChI=1S/C13H18.C6H5I/c1-2-3-4-5-7-10-13-11-8-6-9-12-13;7-6-4-2-1-3-5-6/h6-12H,2-5H2,1H3;1-5H/b10-7-;. The first kappa shape index (κ1) is 17.0. The van der Waals surface area contributed by atoms with Gasteiger partial charge in [-0.3, -0.25) is 0 Å². The van der Waals surface area contributed by atoms with Crippen molar-refractivity contribution in [2.75, 3.05) is 0 Å². The number of unbranched alkanes of at least 4 members (excludes halogenated alkanes) is 3. The van der Waals surface area contributed by atoms with E-state index in [1.165, 1.54) is 34.8 Å². The van der Waals surface area contributed by atoms with E-state index in [9.17, 15) is 0 Å². The molecule has 0 aliphatic carbocycles. The van der Waals surface area contributed by atoms with Gasteiger partial charge in [0.2, 0.25) is 0 Å². The minimum atomic E-state index is 1.21. The lowest BCUT2D eigenvalue weighted by Gasteiger charge is -1.92. The van der Waals surface area contributed by atoms with Crippen LogP contribution in [0.15, 0.2) is 66.7 Å². The van der Waals surface area contributed by atoms with E-state index in [0.717, 1.165) is 0 Å². The third-order valence-corrected chi connectivity index (χ3v) is 3.54. The maximum Gasteiger partial charge on any atom is 0.0130 e. The highest BCUT2D eigenvalue weighted by Gasteiger charge is 1.83. The fraction of sp³-hybridized carbons (Fsp3) is 0.263. The van der Waals surface area contributed by atoms with E-state index in [1.807, 2.05) is 18.2 Å². The molecule has 0 nitrogen and oxygen atoms in total. The van der Waals surface area contributed by atoms with Crippen LogP contribution in [0, 0.1) is 3.57 Å². The molecule has 2 aromatic rings. The molecule has 0 saturated heterocycles. The van der Waals surface area contributed by atoms with Crippen molar-refractivity contribution >= 4 is 28.7 Å². The molecule has 0 atom stereocenters. The minimum Gasteiger partial charge on any atom is -0.0839 e.